The molecule has 3 N–H and O–H groups in total. The molecule has 162 valence electrons. The van der Waals surface area contributed by atoms with E-state index in [1.54, 1.807) is 28.9 Å². The van der Waals surface area contributed by atoms with E-state index < -0.39 is 10.0 Å². The lowest BCUT2D eigenvalue weighted by Gasteiger charge is -2.22. The number of hydrogen-bond acceptors (Lipinski definition) is 6. The predicted molar refractivity (Wildman–Crippen MR) is 121 cm³/mol. The van der Waals surface area contributed by atoms with Crippen LogP contribution in [-0.4, -0.2) is 24.2 Å². The molecule has 1 aliphatic carbocycles. The van der Waals surface area contributed by atoms with E-state index in [2.05, 4.69) is 20.0 Å². The van der Waals surface area contributed by atoms with Gasteiger partial charge >= 0.3 is 0 Å². The first kappa shape index (κ1) is 21.2. The summed E-state index contributed by atoms with van der Waals surface area (Å²) in [4.78, 5) is 0.226. The summed E-state index contributed by atoms with van der Waals surface area (Å²) in [6, 6.07) is 15.9. The van der Waals surface area contributed by atoms with Crippen LogP contribution in [0.4, 0.5) is 17.2 Å². The van der Waals surface area contributed by atoms with Crippen LogP contribution in [-0.2, 0) is 10.0 Å². The predicted octanol–water partition coefficient (Wildman–Crippen LogP) is 4.79. The second-order valence-corrected chi connectivity index (χ2v) is 9.43. The van der Waals surface area contributed by atoms with E-state index in [-0.39, 0.29) is 10.9 Å². The van der Waals surface area contributed by atoms with Crippen molar-refractivity contribution < 1.29 is 8.42 Å². The van der Waals surface area contributed by atoms with Crippen molar-refractivity contribution >= 4 is 27.2 Å². The van der Waals surface area contributed by atoms with Crippen LogP contribution in [0, 0.1) is 6.92 Å². The maximum atomic E-state index is 12.6. The summed E-state index contributed by atoms with van der Waals surface area (Å²) in [6.45, 7) is 1.82. The number of hydrogen-bond donors (Lipinski definition) is 2. The number of sulfonamides is 1. The van der Waals surface area contributed by atoms with Crippen molar-refractivity contribution in [3.63, 3.8) is 0 Å². The molecule has 0 atom stereocenters. The number of rotatable bonds is 6. The van der Waals surface area contributed by atoms with Crippen LogP contribution in [0.5, 0.6) is 0 Å². The van der Waals surface area contributed by atoms with E-state index in [1.165, 1.54) is 6.42 Å². The Kier molecular flexibility index (Phi) is 6.15. The number of para-hydroxylation sites is 1. The zero-order valence-electron chi connectivity index (χ0n) is 17.4. The van der Waals surface area contributed by atoms with Crippen LogP contribution in [0.25, 0.3) is 5.69 Å². The first-order valence-corrected chi connectivity index (χ1v) is 11.9. The molecule has 0 amide bonds. The highest BCUT2D eigenvalue weighted by molar-refractivity contribution is 7.89. The summed E-state index contributed by atoms with van der Waals surface area (Å²) in [5, 5.41) is 12.9. The lowest BCUT2D eigenvalue weighted by molar-refractivity contribution is 0.412. The number of aromatic nitrogens is 2. The Morgan fingerprint density at radius 2 is 1.68 bits per heavy atom. The molecule has 1 saturated carbocycles. The molecule has 1 fully saturated rings. The number of nitrogens with one attached hydrogen (secondary N) is 1. The van der Waals surface area contributed by atoms with E-state index in [9.17, 15) is 8.42 Å². The van der Waals surface area contributed by atoms with Gasteiger partial charge in [-0.25, -0.2) is 17.8 Å². The summed E-state index contributed by atoms with van der Waals surface area (Å²) < 4.78 is 29.7. The summed E-state index contributed by atoms with van der Waals surface area (Å²) in [5.74, 6) is 0.392. The van der Waals surface area contributed by atoms with Crippen LogP contribution < -0.4 is 10.5 Å². The Hall–Kier alpha value is -3.04. The molecular formula is C22H26N6O2S. The molecule has 0 saturated heterocycles. The molecule has 1 aromatic heterocycles. The van der Waals surface area contributed by atoms with Gasteiger partial charge in [0, 0.05) is 6.04 Å². The van der Waals surface area contributed by atoms with E-state index in [1.807, 2.05) is 37.3 Å². The van der Waals surface area contributed by atoms with Crippen LogP contribution >= 0.6 is 0 Å². The van der Waals surface area contributed by atoms with Crippen LogP contribution in [0.3, 0.4) is 0 Å². The largest absolute Gasteiger partial charge is 0.382 e. The minimum atomic E-state index is -3.54. The van der Waals surface area contributed by atoms with Gasteiger partial charge in [0.25, 0.3) is 0 Å². The third kappa shape index (κ3) is 4.83. The van der Waals surface area contributed by atoms with E-state index in [0.717, 1.165) is 31.4 Å². The van der Waals surface area contributed by atoms with Crippen molar-refractivity contribution in [3.05, 3.63) is 60.3 Å². The van der Waals surface area contributed by atoms with Crippen molar-refractivity contribution in [1.29, 1.82) is 0 Å². The second kappa shape index (κ2) is 8.99. The van der Waals surface area contributed by atoms with Gasteiger partial charge in [-0.2, -0.15) is 10.2 Å². The highest BCUT2D eigenvalue weighted by Gasteiger charge is 2.21. The van der Waals surface area contributed by atoms with Gasteiger partial charge in [0.2, 0.25) is 10.0 Å². The normalized spacial score (nSPS) is 15.5. The summed E-state index contributed by atoms with van der Waals surface area (Å²) >= 11 is 0. The van der Waals surface area contributed by atoms with Crippen molar-refractivity contribution in [2.75, 3.05) is 5.73 Å². The molecular weight excluding hydrogens is 412 g/mol. The van der Waals surface area contributed by atoms with Gasteiger partial charge in [0.1, 0.15) is 0 Å². The SMILES string of the molecule is Cc1nn(-c2ccccc2)c(N)c1N=Nc1ccc(S(=O)(=O)NC2CCCCC2)cc1. The quantitative estimate of drug-likeness (QED) is 0.538. The second-order valence-electron chi connectivity index (χ2n) is 7.72. The highest BCUT2D eigenvalue weighted by atomic mass is 32.2. The fourth-order valence-corrected chi connectivity index (χ4v) is 5.04. The molecule has 2 aromatic carbocycles. The summed E-state index contributed by atoms with van der Waals surface area (Å²) in [7, 11) is -3.54. The van der Waals surface area contributed by atoms with E-state index >= 15 is 0 Å². The lowest BCUT2D eigenvalue weighted by Crippen LogP contribution is -2.36. The van der Waals surface area contributed by atoms with Crippen LogP contribution in [0.1, 0.15) is 37.8 Å². The van der Waals surface area contributed by atoms with Gasteiger partial charge in [0.15, 0.2) is 11.5 Å². The van der Waals surface area contributed by atoms with Crippen LogP contribution in [0.15, 0.2) is 69.7 Å². The summed E-state index contributed by atoms with van der Waals surface area (Å²) in [6.07, 6.45) is 5.09. The molecule has 1 heterocycles. The zero-order valence-corrected chi connectivity index (χ0v) is 18.2. The number of nitrogens with two attached hydrogens (primary N) is 1. The van der Waals surface area contributed by atoms with Gasteiger partial charge in [-0.15, -0.1) is 5.11 Å². The minimum absolute atomic E-state index is 0.0187. The van der Waals surface area contributed by atoms with Gasteiger partial charge in [-0.1, -0.05) is 37.5 Å². The molecule has 4 rings (SSSR count). The molecule has 0 spiro atoms. The zero-order chi connectivity index (χ0) is 21.8. The molecule has 1 aliphatic rings. The Bertz CT molecular complexity index is 1160. The van der Waals surface area contributed by atoms with Crippen molar-refractivity contribution in [2.24, 2.45) is 10.2 Å². The molecule has 0 bridgehead atoms. The number of aryl methyl sites for hydroxylation is 1. The van der Waals surface area contributed by atoms with Crippen molar-refractivity contribution in [2.45, 2.75) is 50.0 Å². The van der Waals surface area contributed by atoms with Gasteiger partial charge in [0.05, 0.1) is 22.0 Å². The average molecular weight is 439 g/mol. The third-order valence-electron chi connectivity index (χ3n) is 5.40. The average Bonchev–Trinajstić information content (AvgIpc) is 3.07. The Balaban J connectivity index is 1.50. The van der Waals surface area contributed by atoms with Gasteiger partial charge < -0.3 is 5.73 Å². The van der Waals surface area contributed by atoms with E-state index in [4.69, 9.17) is 5.73 Å². The highest BCUT2D eigenvalue weighted by Crippen LogP contribution is 2.30. The Labute approximate surface area is 182 Å². The van der Waals surface area contributed by atoms with Crippen LogP contribution in [0.2, 0.25) is 0 Å². The number of benzene rings is 2. The molecule has 8 nitrogen and oxygen atoms in total. The Morgan fingerprint density at radius 3 is 2.35 bits per heavy atom. The number of azo groups is 1. The topological polar surface area (TPSA) is 115 Å². The third-order valence-corrected chi connectivity index (χ3v) is 6.94. The number of anilines is 1. The fraction of sp³-hybridized carbons (Fsp3) is 0.318. The smallest absolute Gasteiger partial charge is 0.240 e. The fourth-order valence-electron chi connectivity index (χ4n) is 3.73. The molecule has 0 aliphatic heterocycles. The molecule has 0 unspecified atom stereocenters. The number of nitrogen functional groups attached to an aromatic ring is 1. The molecule has 0 radical (unpaired) electrons. The monoisotopic (exact) mass is 438 g/mol. The standard InChI is InChI=1S/C22H26N6O2S/c1-16-21(22(23)28(26-16)19-10-6-3-7-11-19)25-24-17-12-14-20(15-13-17)31(29,30)27-18-8-4-2-5-9-18/h3,6-7,10-15,18,27H,2,4-5,8-9,23H2,1H3. The first-order chi connectivity index (χ1) is 14.9. The Morgan fingerprint density at radius 1 is 1.00 bits per heavy atom. The molecule has 9 heteroatoms. The van der Waals surface area contributed by atoms with Gasteiger partial charge in [-0.3, -0.25) is 0 Å². The maximum Gasteiger partial charge on any atom is 0.240 e. The first-order valence-electron chi connectivity index (χ1n) is 10.4. The van der Waals surface area contributed by atoms with Crippen molar-refractivity contribution in [1.82, 2.24) is 14.5 Å². The molecule has 31 heavy (non-hydrogen) atoms. The van der Waals surface area contributed by atoms with E-state index in [0.29, 0.717) is 22.9 Å². The number of nitrogens with zero attached hydrogens (tertiary/aromatic N) is 4. The van der Waals surface area contributed by atoms with Gasteiger partial charge in [-0.05, 0) is 56.2 Å². The minimum Gasteiger partial charge on any atom is -0.382 e. The van der Waals surface area contributed by atoms with Crippen molar-refractivity contribution in [3.8, 4) is 5.69 Å². The summed E-state index contributed by atoms with van der Waals surface area (Å²) in [5.41, 5.74) is 8.74. The molecule has 3 aromatic rings. The maximum absolute atomic E-state index is 12.6. The lowest BCUT2D eigenvalue weighted by atomic mass is 9.96.